The second kappa shape index (κ2) is 5.80. The summed E-state index contributed by atoms with van der Waals surface area (Å²) in [5.41, 5.74) is 5.82. The molecule has 0 aliphatic heterocycles. The molecule has 1 heterocycles. The number of hydrogen-bond donors (Lipinski definition) is 1. The van der Waals surface area contributed by atoms with Crippen LogP contribution in [0.2, 0.25) is 0 Å². The van der Waals surface area contributed by atoms with E-state index in [1.54, 1.807) is 17.0 Å². The van der Waals surface area contributed by atoms with Crippen LogP contribution in [0.3, 0.4) is 0 Å². The maximum absolute atomic E-state index is 12.1. The van der Waals surface area contributed by atoms with Crippen molar-refractivity contribution in [2.75, 3.05) is 19.3 Å². The first kappa shape index (κ1) is 12.8. The van der Waals surface area contributed by atoms with Gasteiger partial charge in [-0.1, -0.05) is 19.3 Å². The molecule has 1 amide bonds. The van der Waals surface area contributed by atoms with Crippen LogP contribution in [0.5, 0.6) is 0 Å². The summed E-state index contributed by atoms with van der Waals surface area (Å²) in [4.78, 5) is 13.9. The number of amides is 1. The van der Waals surface area contributed by atoms with Gasteiger partial charge in [0.25, 0.3) is 5.91 Å². The van der Waals surface area contributed by atoms with Crippen molar-refractivity contribution in [1.82, 2.24) is 15.1 Å². The van der Waals surface area contributed by atoms with Crippen LogP contribution in [0.4, 0.5) is 5.82 Å². The van der Waals surface area contributed by atoms with E-state index < -0.39 is 0 Å². The van der Waals surface area contributed by atoms with Gasteiger partial charge in [0.15, 0.2) is 5.69 Å². The van der Waals surface area contributed by atoms with Crippen molar-refractivity contribution in [3.8, 4) is 0 Å². The van der Waals surface area contributed by atoms with E-state index in [4.69, 9.17) is 5.73 Å². The number of nitrogen functional groups attached to an aromatic ring is 1. The Morgan fingerprint density at radius 3 is 2.67 bits per heavy atom. The molecule has 98 valence electrons. The summed E-state index contributed by atoms with van der Waals surface area (Å²) < 4.78 is 0. The van der Waals surface area contributed by atoms with Crippen LogP contribution in [0.15, 0.2) is 12.1 Å². The molecule has 0 bridgehead atoms. The van der Waals surface area contributed by atoms with E-state index in [0.717, 1.165) is 6.54 Å². The summed E-state index contributed by atoms with van der Waals surface area (Å²) in [6, 6.07) is 3.23. The van der Waals surface area contributed by atoms with Crippen molar-refractivity contribution in [3.63, 3.8) is 0 Å². The van der Waals surface area contributed by atoms with Gasteiger partial charge in [0.05, 0.1) is 0 Å². The minimum absolute atomic E-state index is 0.0759. The van der Waals surface area contributed by atoms with Gasteiger partial charge in [-0.3, -0.25) is 4.79 Å². The van der Waals surface area contributed by atoms with Crippen molar-refractivity contribution >= 4 is 11.7 Å². The molecule has 0 spiro atoms. The summed E-state index contributed by atoms with van der Waals surface area (Å²) in [6.07, 6.45) is 6.36. The van der Waals surface area contributed by atoms with Gasteiger partial charge in [-0.15, -0.1) is 10.2 Å². The quantitative estimate of drug-likeness (QED) is 0.884. The highest BCUT2D eigenvalue weighted by molar-refractivity contribution is 5.92. The van der Waals surface area contributed by atoms with Crippen LogP contribution < -0.4 is 5.73 Å². The Bertz CT molecular complexity index is 398. The third kappa shape index (κ3) is 3.18. The average Bonchev–Trinajstić information content (AvgIpc) is 2.40. The standard InChI is InChI=1S/C13H20N4O/c1-17(9-10-5-3-2-4-6-10)13(18)11-7-8-12(14)16-15-11/h7-8,10H,2-6,9H2,1H3,(H2,14,16). The maximum Gasteiger partial charge on any atom is 0.274 e. The van der Waals surface area contributed by atoms with Gasteiger partial charge in [-0.05, 0) is 30.9 Å². The summed E-state index contributed by atoms with van der Waals surface area (Å²) in [7, 11) is 1.83. The fourth-order valence-electron chi connectivity index (χ4n) is 2.49. The number of hydrogen-bond acceptors (Lipinski definition) is 4. The van der Waals surface area contributed by atoms with Gasteiger partial charge in [-0.25, -0.2) is 0 Å². The number of aromatic nitrogens is 2. The van der Waals surface area contributed by atoms with Crippen LogP contribution in [-0.2, 0) is 0 Å². The maximum atomic E-state index is 12.1. The van der Waals surface area contributed by atoms with Gasteiger partial charge in [-0.2, -0.15) is 0 Å². The number of nitrogens with two attached hydrogens (primary N) is 1. The van der Waals surface area contributed by atoms with Crippen LogP contribution in [-0.4, -0.2) is 34.6 Å². The summed E-state index contributed by atoms with van der Waals surface area (Å²) in [6.45, 7) is 0.810. The molecular weight excluding hydrogens is 228 g/mol. The molecule has 1 saturated carbocycles. The molecule has 0 radical (unpaired) electrons. The first-order chi connectivity index (χ1) is 8.66. The molecule has 5 nitrogen and oxygen atoms in total. The minimum Gasteiger partial charge on any atom is -0.382 e. The number of rotatable bonds is 3. The van der Waals surface area contributed by atoms with Crippen molar-refractivity contribution in [2.24, 2.45) is 5.92 Å². The van der Waals surface area contributed by atoms with E-state index in [0.29, 0.717) is 17.4 Å². The predicted molar refractivity (Wildman–Crippen MR) is 70.0 cm³/mol. The highest BCUT2D eigenvalue weighted by atomic mass is 16.2. The molecule has 18 heavy (non-hydrogen) atoms. The zero-order valence-electron chi connectivity index (χ0n) is 10.8. The molecule has 1 aliphatic rings. The molecule has 0 aromatic carbocycles. The normalized spacial score (nSPS) is 16.5. The highest BCUT2D eigenvalue weighted by Gasteiger charge is 2.20. The van der Waals surface area contributed by atoms with Crippen LogP contribution >= 0.6 is 0 Å². The van der Waals surface area contributed by atoms with Gasteiger partial charge in [0.2, 0.25) is 0 Å². The first-order valence-electron chi connectivity index (χ1n) is 6.51. The topological polar surface area (TPSA) is 72.1 Å². The van der Waals surface area contributed by atoms with Crippen LogP contribution in [0.25, 0.3) is 0 Å². The average molecular weight is 248 g/mol. The van der Waals surface area contributed by atoms with Gasteiger partial charge >= 0.3 is 0 Å². The van der Waals surface area contributed by atoms with Gasteiger partial charge in [0.1, 0.15) is 5.82 Å². The molecule has 1 aromatic heterocycles. The van der Waals surface area contributed by atoms with E-state index in [1.165, 1.54) is 32.1 Å². The van der Waals surface area contributed by atoms with Crippen LogP contribution in [0, 0.1) is 5.92 Å². The van der Waals surface area contributed by atoms with Gasteiger partial charge < -0.3 is 10.6 Å². The lowest BCUT2D eigenvalue weighted by Crippen LogP contribution is -2.33. The van der Waals surface area contributed by atoms with E-state index in [1.807, 2.05) is 7.05 Å². The fraction of sp³-hybridized carbons (Fsp3) is 0.615. The lowest BCUT2D eigenvalue weighted by Gasteiger charge is -2.26. The summed E-state index contributed by atoms with van der Waals surface area (Å²) >= 11 is 0. The second-order valence-corrected chi connectivity index (χ2v) is 5.03. The Balaban J connectivity index is 1.93. The van der Waals surface area contributed by atoms with Gasteiger partial charge in [0, 0.05) is 13.6 Å². The van der Waals surface area contributed by atoms with Crippen molar-refractivity contribution in [2.45, 2.75) is 32.1 Å². The third-order valence-electron chi connectivity index (χ3n) is 3.51. The Labute approximate surface area is 107 Å². The number of nitrogens with zero attached hydrogens (tertiary/aromatic N) is 3. The zero-order valence-corrected chi connectivity index (χ0v) is 10.8. The number of carbonyl (C=O) groups excluding carboxylic acids is 1. The molecular formula is C13H20N4O. The molecule has 1 aromatic rings. The van der Waals surface area contributed by atoms with E-state index in [-0.39, 0.29) is 5.91 Å². The largest absolute Gasteiger partial charge is 0.382 e. The van der Waals surface area contributed by atoms with Crippen molar-refractivity contribution in [1.29, 1.82) is 0 Å². The summed E-state index contributed by atoms with van der Waals surface area (Å²) in [5, 5.41) is 7.54. The lowest BCUT2D eigenvalue weighted by molar-refractivity contribution is 0.0753. The first-order valence-corrected chi connectivity index (χ1v) is 6.51. The Kier molecular flexibility index (Phi) is 4.12. The van der Waals surface area contributed by atoms with E-state index in [2.05, 4.69) is 10.2 Å². The highest BCUT2D eigenvalue weighted by Crippen LogP contribution is 2.24. The molecule has 2 N–H and O–H groups in total. The van der Waals surface area contributed by atoms with Crippen LogP contribution in [0.1, 0.15) is 42.6 Å². The molecule has 2 rings (SSSR count). The molecule has 1 fully saturated rings. The monoisotopic (exact) mass is 248 g/mol. The molecule has 0 unspecified atom stereocenters. The molecule has 0 atom stereocenters. The Morgan fingerprint density at radius 2 is 2.06 bits per heavy atom. The van der Waals surface area contributed by atoms with E-state index in [9.17, 15) is 4.79 Å². The Hall–Kier alpha value is -1.65. The number of carbonyl (C=O) groups is 1. The second-order valence-electron chi connectivity index (χ2n) is 5.03. The zero-order chi connectivity index (χ0) is 13.0. The fourth-order valence-corrected chi connectivity index (χ4v) is 2.49. The predicted octanol–water partition coefficient (Wildman–Crippen LogP) is 1.71. The van der Waals surface area contributed by atoms with Crippen molar-refractivity contribution in [3.05, 3.63) is 17.8 Å². The molecule has 1 aliphatic carbocycles. The third-order valence-corrected chi connectivity index (χ3v) is 3.51. The molecule has 5 heteroatoms. The summed E-state index contributed by atoms with van der Waals surface area (Å²) in [5.74, 6) is 0.893. The lowest BCUT2D eigenvalue weighted by atomic mass is 9.89. The smallest absolute Gasteiger partial charge is 0.274 e. The van der Waals surface area contributed by atoms with Crippen molar-refractivity contribution < 1.29 is 4.79 Å². The minimum atomic E-state index is -0.0759. The van der Waals surface area contributed by atoms with E-state index >= 15 is 0 Å². The number of anilines is 1. The SMILES string of the molecule is CN(CC1CCCCC1)C(=O)c1ccc(N)nn1. The Morgan fingerprint density at radius 1 is 1.33 bits per heavy atom. The molecule has 0 saturated heterocycles.